The van der Waals surface area contributed by atoms with Crippen LogP contribution in [0.1, 0.15) is 18.1 Å². The Morgan fingerprint density at radius 1 is 0.868 bits per heavy atom. The third-order valence-electron chi connectivity index (χ3n) is 6.03. The fraction of sp³-hybridized carbons (Fsp3) is 0.100. The Labute approximate surface area is 224 Å². The number of anilines is 1. The molecule has 1 fully saturated rings. The van der Waals surface area contributed by atoms with Crippen LogP contribution >= 0.6 is 11.6 Å². The van der Waals surface area contributed by atoms with E-state index in [1.165, 1.54) is 6.08 Å². The van der Waals surface area contributed by atoms with E-state index >= 15 is 0 Å². The summed E-state index contributed by atoms with van der Waals surface area (Å²) in [6.45, 7) is 2.60. The molecule has 1 N–H and O–H groups in total. The highest BCUT2D eigenvalue weighted by Crippen LogP contribution is 2.32. The van der Waals surface area contributed by atoms with Crippen molar-refractivity contribution in [1.29, 1.82) is 0 Å². The van der Waals surface area contributed by atoms with Crippen molar-refractivity contribution in [1.82, 2.24) is 5.32 Å². The molecule has 0 unspecified atom stereocenters. The van der Waals surface area contributed by atoms with E-state index in [9.17, 15) is 14.4 Å². The second-order valence-electron chi connectivity index (χ2n) is 8.50. The maximum Gasteiger partial charge on any atom is 0.335 e. The van der Waals surface area contributed by atoms with Gasteiger partial charge in [0.25, 0.3) is 11.8 Å². The minimum atomic E-state index is -0.821. The van der Waals surface area contributed by atoms with Crippen molar-refractivity contribution >= 4 is 52.0 Å². The molecule has 190 valence electrons. The number of barbiturate groups is 1. The van der Waals surface area contributed by atoms with E-state index in [4.69, 9.17) is 21.1 Å². The molecule has 0 saturated carbocycles. The highest BCUT2D eigenvalue weighted by molar-refractivity contribution is 6.39. The number of nitrogens with zero attached hydrogens (tertiary/aromatic N) is 1. The Kier molecular flexibility index (Phi) is 7.11. The van der Waals surface area contributed by atoms with Crippen LogP contribution in [0.15, 0.2) is 90.5 Å². The van der Waals surface area contributed by atoms with Gasteiger partial charge in [-0.3, -0.25) is 14.9 Å². The molecule has 38 heavy (non-hydrogen) atoms. The number of urea groups is 1. The fourth-order valence-electron chi connectivity index (χ4n) is 4.19. The molecule has 0 bridgehead atoms. The van der Waals surface area contributed by atoms with Gasteiger partial charge in [0.15, 0.2) is 0 Å². The summed E-state index contributed by atoms with van der Waals surface area (Å²) in [6, 6.07) is 24.3. The third kappa shape index (κ3) is 5.10. The van der Waals surface area contributed by atoms with Crippen molar-refractivity contribution in [3.8, 4) is 11.5 Å². The maximum atomic E-state index is 13.5. The Bertz CT molecular complexity index is 1560. The van der Waals surface area contributed by atoms with Crippen LogP contribution in [0.4, 0.5) is 10.5 Å². The second-order valence-corrected chi connectivity index (χ2v) is 8.93. The van der Waals surface area contributed by atoms with E-state index < -0.39 is 17.8 Å². The third-order valence-corrected chi connectivity index (χ3v) is 6.29. The van der Waals surface area contributed by atoms with Gasteiger partial charge in [-0.2, -0.15) is 0 Å². The van der Waals surface area contributed by atoms with Gasteiger partial charge in [-0.15, -0.1) is 0 Å². The first-order valence-corrected chi connectivity index (χ1v) is 12.4. The number of ether oxygens (including phenoxy) is 2. The van der Waals surface area contributed by atoms with E-state index in [-0.39, 0.29) is 12.2 Å². The number of hydrogen-bond acceptors (Lipinski definition) is 5. The predicted octanol–water partition coefficient (Wildman–Crippen LogP) is 6.14. The van der Waals surface area contributed by atoms with E-state index in [1.54, 1.807) is 42.5 Å². The highest BCUT2D eigenvalue weighted by atomic mass is 35.5. The molecule has 4 aromatic rings. The predicted molar refractivity (Wildman–Crippen MR) is 146 cm³/mol. The quantitative estimate of drug-likeness (QED) is 0.231. The summed E-state index contributed by atoms with van der Waals surface area (Å²) < 4.78 is 11.6. The minimum Gasteiger partial charge on any atom is -0.494 e. The van der Waals surface area contributed by atoms with E-state index in [2.05, 4.69) is 5.32 Å². The Hall–Kier alpha value is -4.62. The number of amides is 4. The molecule has 1 aliphatic heterocycles. The number of nitrogens with one attached hydrogen (secondary N) is 1. The number of benzene rings is 4. The second kappa shape index (κ2) is 10.8. The molecule has 1 aliphatic rings. The fourth-order valence-corrected chi connectivity index (χ4v) is 4.31. The number of rotatable bonds is 7. The maximum absolute atomic E-state index is 13.5. The average molecular weight is 527 g/mol. The molecule has 0 radical (unpaired) electrons. The van der Waals surface area contributed by atoms with Crippen molar-refractivity contribution in [2.75, 3.05) is 11.5 Å². The molecule has 1 heterocycles. The molecule has 8 heteroatoms. The van der Waals surface area contributed by atoms with Gasteiger partial charge in [0.1, 0.15) is 23.7 Å². The topological polar surface area (TPSA) is 84.9 Å². The van der Waals surface area contributed by atoms with Crippen LogP contribution in [0, 0.1) is 0 Å². The van der Waals surface area contributed by atoms with Gasteiger partial charge in [0.05, 0.1) is 12.3 Å². The van der Waals surface area contributed by atoms with Crippen molar-refractivity contribution in [2.45, 2.75) is 13.5 Å². The number of fused-ring (bicyclic) bond motifs is 1. The standard InChI is InChI=1S/C30H23ClN2O5/c1-2-37-23-14-12-22(13-15-23)33-29(35)26(28(34)32-30(33)36)17-25-24-6-4-3-5-20(24)9-16-27(25)38-18-19-7-10-21(31)11-8-19/h3-17H,2,18H2,1H3,(H,32,34,36)/b26-17+. The van der Waals surface area contributed by atoms with Crippen LogP contribution in [0.5, 0.6) is 11.5 Å². The molecule has 7 nitrogen and oxygen atoms in total. The summed E-state index contributed by atoms with van der Waals surface area (Å²) in [7, 11) is 0. The molecule has 1 saturated heterocycles. The summed E-state index contributed by atoms with van der Waals surface area (Å²) in [5.41, 5.74) is 1.58. The number of imide groups is 2. The molecule has 0 atom stereocenters. The average Bonchev–Trinajstić information content (AvgIpc) is 2.92. The first kappa shape index (κ1) is 25.0. The highest BCUT2D eigenvalue weighted by Gasteiger charge is 2.37. The lowest BCUT2D eigenvalue weighted by molar-refractivity contribution is -0.122. The molecular formula is C30H23ClN2O5. The Balaban J connectivity index is 1.54. The number of halogens is 1. The monoisotopic (exact) mass is 526 g/mol. The number of carbonyl (C=O) groups excluding carboxylic acids is 3. The van der Waals surface area contributed by atoms with Gasteiger partial charge in [-0.05, 0) is 71.8 Å². The summed E-state index contributed by atoms with van der Waals surface area (Å²) in [4.78, 5) is 40.0. The Morgan fingerprint density at radius 2 is 1.61 bits per heavy atom. The normalized spacial score (nSPS) is 14.6. The van der Waals surface area contributed by atoms with Crippen molar-refractivity contribution in [3.63, 3.8) is 0 Å². The summed E-state index contributed by atoms with van der Waals surface area (Å²) >= 11 is 5.99. The minimum absolute atomic E-state index is 0.189. The summed E-state index contributed by atoms with van der Waals surface area (Å²) in [5.74, 6) is -0.430. The van der Waals surface area contributed by atoms with Crippen LogP contribution in [0.25, 0.3) is 16.8 Å². The molecule has 4 aromatic carbocycles. The SMILES string of the molecule is CCOc1ccc(N2C(=O)NC(=O)/C(=C\c3c(OCc4ccc(Cl)cc4)ccc4ccccc34)C2=O)cc1. The van der Waals surface area contributed by atoms with E-state index in [0.29, 0.717) is 34.4 Å². The molecular weight excluding hydrogens is 504 g/mol. The zero-order chi connectivity index (χ0) is 26.6. The van der Waals surface area contributed by atoms with Crippen LogP contribution in [-0.2, 0) is 16.2 Å². The first-order chi connectivity index (χ1) is 18.4. The number of hydrogen-bond donors (Lipinski definition) is 1. The van der Waals surface area contributed by atoms with Gasteiger partial charge in [0.2, 0.25) is 0 Å². The number of carbonyl (C=O) groups is 3. The van der Waals surface area contributed by atoms with Crippen molar-refractivity contribution in [3.05, 3.63) is 107 Å². The zero-order valence-corrected chi connectivity index (χ0v) is 21.2. The van der Waals surface area contributed by atoms with Gasteiger partial charge < -0.3 is 9.47 Å². The molecule has 5 rings (SSSR count). The van der Waals surface area contributed by atoms with Crippen LogP contribution in [0.3, 0.4) is 0 Å². The van der Waals surface area contributed by atoms with Gasteiger partial charge >= 0.3 is 6.03 Å². The smallest absolute Gasteiger partial charge is 0.335 e. The molecule has 4 amide bonds. The van der Waals surface area contributed by atoms with Gasteiger partial charge in [0, 0.05) is 10.6 Å². The van der Waals surface area contributed by atoms with Gasteiger partial charge in [-0.1, -0.05) is 54.1 Å². The first-order valence-electron chi connectivity index (χ1n) is 12.0. The Morgan fingerprint density at radius 3 is 2.34 bits per heavy atom. The summed E-state index contributed by atoms with van der Waals surface area (Å²) in [5, 5.41) is 4.59. The van der Waals surface area contributed by atoms with Crippen LogP contribution in [0.2, 0.25) is 5.02 Å². The molecule has 0 spiro atoms. The molecule has 0 aliphatic carbocycles. The zero-order valence-electron chi connectivity index (χ0n) is 20.4. The molecule has 0 aromatic heterocycles. The van der Waals surface area contributed by atoms with Gasteiger partial charge in [-0.25, -0.2) is 9.69 Å². The van der Waals surface area contributed by atoms with E-state index in [1.807, 2.05) is 49.4 Å². The van der Waals surface area contributed by atoms with Crippen molar-refractivity contribution in [2.24, 2.45) is 0 Å². The lowest BCUT2D eigenvalue weighted by Gasteiger charge is -2.26. The van der Waals surface area contributed by atoms with Crippen LogP contribution < -0.4 is 19.7 Å². The van der Waals surface area contributed by atoms with Crippen molar-refractivity contribution < 1.29 is 23.9 Å². The largest absolute Gasteiger partial charge is 0.494 e. The summed E-state index contributed by atoms with van der Waals surface area (Å²) in [6.07, 6.45) is 1.48. The van der Waals surface area contributed by atoms with Crippen LogP contribution in [-0.4, -0.2) is 24.5 Å². The lowest BCUT2D eigenvalue weighted by atomic mass is 9.99. The van der Waals surface area contributed by atoms with E-state index in [0.717, 1.165) is 21.2 Å². The lowest BCUT2D eigenvalue weighted by Crippen LogP contribution is -2.54.